The van der Waals surface area contributed by atoms with Crippen molar-refractivity contribution in [1.29, 1.82) is 0 Å². The molecular weight excluding hydrogens is 861 g/mol. The molecule has 0 spiro atoms. The molecule has 4 aliphatic carbocycles. The van der Waals surface area contributed by atoms with Crippen molar-refractivity contribution >= 4 is 86.2 Å². The predicted molar refractivity (Wildman–Crippen MR) is 287 cm³/mol. The summed E-state index contributed by atoms with van der Waals surface area (Å²) in [4.78, 5) is 56.3. The molecule has 0 saturated heterocycles. The van der Waals surface area contributed by atoms with Crippen molar-refractivity contribution in [1.82, 2.24) is 9.13 Å². The summed E-state index contributed by atoms with van der Waals surface area (Å²) < 4.78 is 2.74. The van der Waals surface area contributed by atoms with Gasteiger partial charge in [0.15, 0.2) is 0 Å². The van der Waals surface area contributed by atoms with Crippen molar-refractivity contribution in [2.24, 2.45) is 23.7 Å². The van der Waals surface area contributed by atoms with Gasteiger partial charge < -0.3 is 0 Å². The SMILES string of the molecule is Cc1cc(C2CC3C=CC2C3)ccc1-n1c(=O)c2cc3cc4cc5ccc6cc7cc8cc9c(=O)n(-c%10ccc(C%11CC%12C=CC%11C%12)cc%10C)c(=O)c9cc8cc7cc6ccc5cc4cc3cc2c1=O. The lowest BCUT2D eigenvalue weighted by atomic mass is 9.86. The highest BCUT2D eigenvalue weighted by Crippen LogP contribution is 2.50. The van der Waals surface area contributed by atoms with E-state index >= 15 is 0 Å². The summed E-state index contributed by atoms with van der Waals surface area (Å²) in [7, 11) is 0. The van der Waals surface area contributed by atoms with Crippen molar-refractivity contribution < 1.29 is 0 Å². The van der Waals surface area contributed by atoms with E-state index < -0.39 is 0 Å². The van der Waals surface area contributed by atoms with Crippen LogP contribution in [0.2, 0.25) is 0 Å². The van der Waals surface area contributed by atoms with Crippen LogP contribution in [0.15, 0.2) is 177 Å². The van der Waals surface area contributed by atoms with Crippen LogP contribution >= 0.6 is 0 Å². The van der Waals surface area contributed by atoms with Crippen LogP contribution in [0.1, 0.15) is 59.8 Å². The predicted octanol–water partition coefficient (Wildman–Crippen LogP) is 13.3. The summed E-state index contributed by atoms with van der Waals surface area (Å²) in [6.45, 7) is 4.02. The van der Waals surface area contributed by atoms with Crippen LogP contribution in [-0.2, 0) is 0 Å². The van der Waals surface area contributed by atoms with E-state index in [-0.39, 0.29) is 22.2 Å². The molecule has 4 bridgehead atoms. The number of nitrogens with zero attached hydrogens (tertiary/aromatic N) is 2. The highest BCUT2D eigenvalue weighted by molar-refractivity contribution is 6.10. The van der Waals surface area contributed by atoms with Gasteiger partial charge in [-0.1, -0.05) is 72.8 Å². The van der Waals surface area contributed by atoms with Crippen molar-refractivity contribution in [3.63, 3.8) is 0 Å². The highest BCUT2D eigenvalue weighted by Gasteiger charge is 2.38. The summed E-state index contributed by atoms with van der Waals surface area (Å²) in [6, 6.07) is 46.0. The molecule has 2 heterocycles. The van der Waals surface area contributed by atoms with Gasteiger partial charge in [0.1, 0.15) is 0 Å². The molecule has 15 rings (SSSR count). The van der Waals surface area contributed by atoms with Gasteiger partial charge in [-0.3, -0.25) is 19.2 Å². The number of rotatable bonds is 4. The van der Waals surface area contributed by atoms with Crippen LogP contribution < -0.4 is 22.2 Å². The van der Waals surface area contributed by atoms with E-state index in [1.165, 1.54) is 45.9 Å². The first-order chi connectivity index (χ1) is 34.1. The molecule has 6 atom stereocenters. The van der Waals surface area contributed by atoms with Crippen LogP contribution in [0.3, 0.4) is 0 Å². The molecule has 336 valence electrons. The van der Waals surface area contributed by atoms with E-state index in [2.05, 4.69) is 121 Å². The zero-order valence-corrected chi connectivity index (χ0v) is 38.8. The van der Waals surface area contributed by atoms with Gasteiger partial charge in [0.05, 0.1) is 32.9 Å². The fraction of sp³-hybridized carbons (Fsp3) is 0.188. The smallest absolute Gasteiger partial charge is 0.266 e. The Hall–Kier alpha value is -7.96. The van der Waals surface area contributed by atoms with Gasteiger partial charge in [-0.15, -0.1) is 0 Å². The van der Waals surface area contributed by atoms with Gasteiger partial charge in [-0.2, -0.15) is 0 Å². The number of hydrogen-bond acceptors (Lipinski definition) is 4. The molecule has 6 unspecified atom stereocenters. The van der Waals surface area contributed by atoms with E-state index in [0.717, 1.165) is 75.8 Å². The Balaban J connectivity index is 0.789. The second-order valence-electron chi connectivity index (χ2n) is 21.3. The summed E-state index contributed by atoms with van der Waals surface area (Å²) in [5, 5.41) is 13.9. The topological polar surface area (TPSA) is 78.1 Å². The van der Waals surface area contributed by atoms with Crippen LogP contribution in [0.5, 0.6) is 0 Å². The molecule has 2 saturated carbocycles. The summed E-state index contributed by atoms with van der Waals surface area (Å²) in [6.07, 6.45) is 14.2. The molecule has 70 heavy (non-hydrogen) atoms. The van der Waals surface area contributed by atoms with Crippen LogP contribution in [0, 0.1) is 37.5 Å². The van der Waals surface area contributed by atoms with Crippen molar-refractivity contribution in [3.05, 3.63) is 221 Å². The molecule has 2 aromatic heterocycles. The lowest BCUT2D eigenvalue weighted by molar-refractivity contribution is 0.585. The second-order valence-corrected chi connectivity index (χ2v) is 21.3. The summed E-state index contributed by atoms with van der Waals surface area (Å²) in [5.41, 5.74) is 4.67. The number of aryl methyl sites for hydroxylation is 2. The number of fused-ring (bicyclic) bond motifs is 12. The number of aromatic nitrogens is 2. The molecule has 0 radical (unpaired) electrons. The quantitative estimate of drug-likeness (QED) is 0.130. The highest BCUT2D eigenvalue weighted by atomic mass is 16.2. The summed E-state index contributed by atoms with van der Waals surface area (Å²) >= 11 is 0. The Bertz CT molecular complexity index is 4050. The fourth-order valence-corrected chi connectivity index (χ4v) is 13.7. The van der Waals surface area contributed by atoms with E-state index in [1.54, 1.807) is 0 Å². The third kappa shape index (κ3) is 5.79. The first-order valence-corrected chi connectivity index (χ1v) is 24.9. The lowest BCUT2D eigenvalue weighted by Gasteiger charge is -2.20. The van der Waals surface area contributed by atoms with E-state index in [9.17, 15) is 19.2 Å². The third-order valence-electron chi connectivity index (χ3n) is 17.2. The molecule has 2 fully saturated rings. The molecular formula is C64H46N2O4. The molecule has 0 N–H and O–H groups in total. The Morgan fingerprint density at radius 2 is 0.629 bits per heavy atom. The van der Waals surface area contributed by atoms with Gasteiger partial charge in [0, 0.05) is 0 Å². The number of hydrogen-bond donors (Lipinski definition) is 0. The number of allylic oxidation sites excluding steroid dienone is 4. The Kier molecular flexibility index (Phi) is 8.17. The maximum absolute atomic E-state index is 14.1. The lowest BCUT2D eigenvalue weighted by Crippen LogP contribution is -2.24. The average Bonchev–Trinajstić information content (AvgIpc) is 4.24. The molecule has 6 heteroatoms. The molecule has 4 aliphatic rings. The van der Waals surface area contributed by atoms with E-state index in [0.29, 0.717) is 68.4 Å². The first kappa shape index (κ1) is 40.0. The zero-order valence-electron chi connectivity index (χ0n) is 38.8. The summed E-state index contributed by atoms with van der Waals surface area (Å²) in [5.74, 6) is 3.49. The van der Waals surface area contributed by atoms with E-state index in [1.807, 2.05) is 50.2 Å². The third-order valence-corrected chi connectivity index (χ3v) is 17.2. The largest absolute Gasteiger partial charge is 0.268 e. The molecule has 0 aliphatic heterocycles. The zero-order chi connectivity index (χ0) is 46.8. The Labute approximate surface area is 401 Å². The molecule has 0 amide bonds. The van der Waals surface area contributed by atoms with Gasteiger partial charge in [0.2, 0.25) is 0 Å². The van der Waals surface area contributed by atoms with E-state index in [4.69, 9.17) is 0 Å². The Morgan fingerprint density at radius 1 is 0.329 bits per heavy atom. The van der Waals surface area contributed by atoms with Crippen molar-refractivity contribution in [3.8, 4) is 11.4 Å². The normalized spacial score (nSPS) is 21.5. The minimum absolute atomic E-state index is 0.277. The molecule has 6 nitrogen and oxygen atoms in total. The van der Waals surface area contributed by atoms with Gasteiger partial charge >= 0.3 is 0 Å². The van der Waals surface area contributed by atoms with Gasteiger partial charge in [0.25, 0.3) is 22.2 Å². The standard InChI is InChI=1S/C64H46N2O4/c1-33-15-41(53-19-35-3-5-43(53)17-35)11-13-59(33)65-61(67)55-29-49-25-45-21-37-7-9-39-23-47-27-51-31-57-58(64(70)66(63(57)69)60-14-12-42(16-34(60)2)54-20-36-4-6-44(54)18-36)32-52(51)28-48(47)24-40(39)10-8-38(37)22-46(45)26-50(49)30-56(55)62(65)68/h3-16,21-32,35-36,43-44,53-54H,17-20H2,1-2H3. The Morgan fingerprint density at radius 3 is 0.900 bits per heavy atom. The minimum Gasteiger partial charge on any atom is -0.268 e. The average molecular weight is 907 g/mol. The first-order valence-electron chi connectivity index (χ1n) is 24.9. The molecule has 9 aromatic carbocycles. The second kappa shape index (κ2) is 14.3. The minimum atomic E-state index is -0.277. The fourth-order valence-electron chi connectivity index (χ4n) is 13.7. The van der Waals surface area contributed by atoms with Crippen molar-refractivity contribution in [2.45, 2.75) is 51.4 Å². The van der Waals surface area contributed by atoms with Crippen LogP contribution in [-0.4, -0.2) is 9.13 Å². The van der Waals surface area contributed by atoms with Crippen LogP contribution in [0.4, 0.5) is 0 Å². The van der Waals surface area contributed by atoms with Gasteiger partial charge in [-0.05, 0) is 247 Å². The molecule has 11 aromatic rings. The maximum atomic E-state index is 14.1. The van der Waals surface area contributed by atoms with Gasteiger partial charge in [-0.25, -0.2) is 9.13 Å². The maximum Gasteiger partial charge on any atom is 0.266 e. The van der Waals surface area contributed by atoms with Crippen LogP contribution in [0.25, 0.3) is 97.6 Å². The van der Waals surface area contributed by atoms with Crippen molar-refractivity contribution in [2.75, 3.05) is 0 Å². The number of benzene rings is 8. The monoisotopic (exact) mass is 906 g/mol.